The molecule has 0 radical (unpaired) electrons. The highest BCUT2D eigenvalue weighted by molar-refractivity contribution is 6.30. The number of rotatable bonds is 4. The molecule has 3 nitrogen and oxygen atoms in total. The average Bonchev–Trinajstić information content (AvgIpc) is 3.24. The molecule has 0 saturated carbocycles. The molecule has 2 heterocycles. The van der Waals surface area contributed by atoms with Gasteiger partial charge in [0.2, 0.25) is 0 Å². The molecule has 1 aliphatic rings. The van der Waals surface area contributed by atoms with Gasteiger partial charge in [-0.15, -0.1) is 0 Å². The van der Waals surface area contributed by atoms with E-state index in [0.717, 1.165) is 0 Å². The van der Waals surface area contributed by atoms with Gasteiger partial charge in [0.25, 0.3) is 0 Å². The van der Waals surface area contributed by atoms with E-state index in [1.54, 1.807) is 0 Å². The smallest absolute Gasteiger partial charge is 0.124 e. The molecule has 23 heavy (non-hydrogen) atoms. The van der Waals surface area contributed by atoms with Gasteiger partial charge in [-0.3, -0.25) is 4.90 Å². The minimum atomic E-state index is -3.64. The van der Waals surface area contributed by atoms with Gasteiger partial charge in [-0.2, -0.15) is 0 Å². The number of halogens is 1. The Morgan fingerprint density at radius 1 is 1.13 bits per heavy atom. The quantitative estimate of drug-likeness (QED) is 0.704. The number of nitrogens with zero attached hydrogens (tertiary/aromatic N) is 3. The minimum Gasteiger partial charge on any atom is -0.322 e. The Kier molecular flexibility index (Phi) is 1.47. The lowest BCUT2D eigenvalue weighted by molar-refractivity contribution is 0.318. The summed E-state index contributed by atoms with van der Waals surface area (Å²) in [7, 11) is 0. The van der Waals surface area contributed by atoms with Crippen LogP contribution in [0.3, 0.4) is 0 Å². The van der Waals surface area contributed by atoms with Gasteiger partial charge in [-0.1, -0.05) is 35.8 Å². The Hall–Kier alpha value is -1.84. The van der Waals surface area contributed by atoms with Crippen LogP contribution >= 0.6 is 11.6 Å². The Bertz CT molecular complexity index is 1440. The van der Waals surface area contributed by atoms with Crippen molar-refractivity contribution in [1.29, 1.82) is 0 Å². The first-order valence-electron chi connectivity index (χ1n) is 14.6. The maximum atomic E-state index is 8.92. The number of aromatic nitrogens is 2. The third-order valence-corrected chi connectivity index (χ3v) is 3.18. The lowest BCUT2D eigenvalue weighted by atomic mass is 10.2. The molecule has 0 spiro atoms. The number of para-hydroxylation sites is 2. The predicted molar refractivity (Wildman–Crippen MR) is 94.8 cm³/mol. The zero-order valence-electron chi connectivity index (χ0n) is 27.5. The number of imidazole rings is 1. The third kappa shape index (κ3) is 3.12. The molecule has 0 atom stereocenters. The first kappa shape index (κ1) is 5.33. The average molecular weight is 342 g/mol. The first-order chi connectivity index (χ1) is 17.5. The van der Waals surface area contributed by atoms with Crippen molar-refractivity contribution < 1.29 is 21.9 Å². The van der Waals surface area contributed by atoms with Gasteiger partial charge in [0.05, 0.1) is 28.5 Å². The summed E-state index contributed by atoms with van der Waals surface area (Å²) >= 11 is 5.86. The van der Waals surface area contributed by atoms with Crippen molar-refractivity contribution in [3.8, 4) is 0 Å². The molecule has 118 valence electrons. The lowest BCUT2D eigenvalue weighted by Crippen LogP contribution is -2.21. The fourth-order valence-corrected chi connectivity index (χ4v) is 2.13. The molecule has 2 aromatic carbocycles. The van der Waals surface area contributed by atoms with E-state index < -0.39 is 79.3 Å². The normalized spacial score (nSPS) is 35.7. The van der Waals surface area contributed by atoms with Crippen LogP contribution in [0.15, 0.2) is 48.4 Å². The molecule has 1 fully saturated rings. The highest BCUT2D eigenvalue weighted by atomic mass is 35.5. The number of benzene rings is 2. The highest BCUT2D eigenvalue weighted by Crippen LogP contribution is 2.21. The molecule has 0 aliphatic carbocycles. The SMILES string of the molecule is [2H]c1c([2H])c(C([2H])([2H])n2c(C([2H])([2H])N3C([2H])([2H])C([2H])([2H])C([2H])([2H])C3([2H])[2H])nc3ccccc32)c([2H])c([2H])c1Cl. The molecule has 1 aromatic heterocycles. The number of likely N-dealkylation sites (tertiary alicyclic amines) is 1. The largest absolute Gasteiger partial charge is 0.322 e. The van der Waals surface area contributed by atoms with E-state index >= 15 is 0 Å². The van der Waals surface area contributed by atoms with Crippen molar-refractivity contribution in [3.05, 3.63) is 64.8 Å². The van der Waals surface area contributed by atoms with Crippen molar-refractivity contribution in [1.82, 2.24) is 14.5 Å². The number of fused-ring (bicyclic) bond motifs is 1. The second-order valence-electron chi connectivity index (χ2n) is 4.48. The minimum absolute atomic E-state index is 0.0872. The molecule has 0 unspecified atom stereocenters. The maximum absolute atomic E-state index is 8.92. The number of hydrogen-bond donors (Lipinski definition) is 0. The van der Waals surface area contributed by atoms with E-state index in [1.807, 2.05) is 0 Å². The fourth-order valence-electron chi connectivity index (χ4n) is 2.03. The fraction of sp³-hybridized carbons (Fsp3) is 0.316. The molecule has 4 rings (SSSR count). The van der Waals surface area contributed by atoms with Gasteiger partial charge in [-0.25, -0.2) is 4.98 Å². The Morgan fingerprint density at radius 2 is 1.87 bits per heavy atom. The summed E-state index contributed by atoms with van der Waals surface area (Å²) in [6.07, 6.45) is -7.18. The molecule has 1 aliphatic heterocycles. The second-order valence-corrected chi connectivity index (χ2v) is 4.86. The summed E-state index contributed by atoms with van der Waals surface area (Å²) in [5, 5.41) is -0.585. The zero-order chi connectivity index (χ0) is 29.9. The van der Waals surface area contributed by atoms with Crippen LogP contribution in [-0.2, 0) is 13.0 Å². The van der Waals surface area contributed by atoms with Crippen molar-refractivity contribution >= 4 is 22.6 Å². The van der Waals surface area contributed by atoms with Gasteiger partial charge in [0.1, 0.15) is 5.82 Å². The summed E-state index contributed by atoms with van der Waals surface area (Å²) in [6.45, 7) is -14.0. The monoisotopic (exact) mass is 341 g/mol. The first-order valence-corrected chi connectivity index (χ1v) is 6.93. The maximum Gasteiger partial charge on any atom is 0.124 e. The van der Waals surface area contributed by atoms with E-state index in [1.165, 1.54) is 24.3 Å². The van der Waals surface area contributed by atoms with Crippen LogP contribution in [0, 0.1) is 0 Å². The summed E-state index contributed by atoms with van der Waals surface area (Å²) in [4.78, 5) is 3.75. The molecule has 1 saturated heterocycles. The van der Waals surface area contributed by atoms with Gasteiger partial charge in [0, 0.05) is 22.5 Å². The standard InChI is InChI=1S/C19H20ClN3/c20-16-9-7-15(8-10-16)13-23-18-6-2-1-5-17(18)21-19(23)14-22-11-3-4-12-22/h1-2,5-10H,3-4,11-14H2/i3D2,4D2,7D,8D,9D,10D,11D2,12D2,13D2,14D2. The molecule has 0 N–H and O–H groups in total. The third-order valence-electron chi connectivity index (χ3n) is 2.99. The van der Waals surface area contributed by atoms with Gasteiger partial charge >= 0.3 is 0 Å². The lowest BCUT2D eigenvalue weighted by Gasteiger charge is -2.16. The van der Waals surface area contributed by atoms with Crippen LogP contribution in [0.1, 0.15) is 46.1 Å². The molecule has 3 aromatic rings. The molecule has 4 heteroatoms. The summed E-state index contributed by atoms with van der Waals surface area (Å²) in [5.74, 6) is -1.04. The van der Waals surface area contributed by atoms with Crippen molar-refractivity contribution in [2.24, 2.45) is 0 Å². The van der Waals surface area contributed by atoms with Gasteiger partial charge in [-0.05, 0) is 55.5 Å². The van der Waals surface area contributed by atoms with Crippen LogP contribution in [0.5, 0.6) is 0 Å². The van der Waals surface area contributed by atoms with Crippen LogP contribution in [0.4, 0.5) is 0 Å². The van der Waals surface area contributed by atoms with E-state index in [4.69, 9.17) is 33.5 Å². The van der Waals surface area contributed by atoms with Crippen LogP contribution in [0.25, 0.3) is 11.0 Å². The van der Waals surface area contributed by atoms with Crippen LogP contribution in [0.2, 0.25) is 5.02 Å². The second kappa shape index (κ2) is 6.34. The Balaban J connectivity index is 2.11. The van der Waals surface area contributed by atoms with Crippen LogP contribution < -0.4 is 0 Å². The molecule has 0 bridgehead atoms. The van der Waals surface area contributed by atoms with Crippen molar-refractivity contribution in [2.45, 2.75) is 25.7 Å². The molecular formula is C19H20ClN3. The Labute approximate surface area is 164 Å². The van der Waals surface area contributed by atoms with Crippen molar-refractivity contribution in [2.75, 3.05) is 13.0 Å². The van der Waals surface area contributed by atoms with Crippen molar-refractivity contribution in [3.63, 3.8) is 0 Å². The number of hydrogen-bond acceptors (Lipinski definition) is 2. The zero-order valence-corrected chi connectivity index (χ0v) is 12.3. The highest BCUT2D eigenvalue weighted by Gasteiger charge is 2.17. The summed E-state index contributed by atoms with van der Waals surface area (Å²) in [6, 6.07) is 2.13. The Morgan fingerprint density at radius 3 is 2.65 bits per heavy atom. The predicted octanol–water partition coefficient (Wildman–Crippen LogP) is 4.33. The topological polar surface area (TPSA) is 21.1 Å². The van der Waals surface area contributed by atoms with E-state index in [0.29, 0.717) is 4.57 Å². The van der Waals surface area contributed by atoms with Gasteiger partial charge in [0.15, 0.2) is 0 Å². The van der Waals surface area contributed by atoms with Gasteiger partial charge < -0.3 is 4.57 Å². The molecule has 0 amide bonds. The summed E-state index contributed by atoms with van der Waals surface area (Å²) in [5.41, 5.74) is -1.13. The molecular weight excluding hydrogens is 306 g/mol. The van der Waals surface area contributed by atoms with E-state index in [9.17, 15) is 0 Å². The van der Waals surface area contributed by atoms with E-state index in [-0.39, 0.29) is 15.9 Å². The summed E-state index contributed by atoms with van der Waals surface area (Å²) < 4.78 is 134. The van der Waals surface area contributed by atoms with Crippen LogP contribution in [-0.4, -0.2) is 27.4 Å². The van der Waals surface area contributed by atoms with E-state index in [2.05, 4.69) is 4.98 Å².